The maximum atomic E-state index is 11.6. The van der Waals surface area contributed by atoms with Gasteiger partial charge in [0.1, 0.15) is 0 Å². The van der Waals surface area contributed by atoms with Gasteiger partial charge < -0.3 is 0 Å². The van der Waals surface area contributed by atoms with Crippen molar-refractivity contribution >= 4 is 21.7 Å². The summed E-state index contributed by atoms with van der Waals surface area (Å²) in [6.45, 7) is 0.871. The van der Waals surface area contributed by atoms with Gasteiger partial charge in [-0.3, -0.25) is 9.69 Å². The number of benzene rings is 1. The third-order valence-electron chi connectivity index (χ3n) is 2.62. The zero-order valence-electron chi connectivity index (χ0n) is 8.03. The van der Waals surface area contributed by atoms with Crippen LogP contribution < -0.4 is 0 Å². The first-order valence-corrected chi connectivity index (χ1v) is 5.46. The predicted molar refractivity (Wildman–Crippen MR) is 59.1 cm³/mol. The normalized spacial score (nSPS) is 23.0. The van der Waals surface area contributed by atoms with Gasteiger partial charge in [0.2, 0.25) is 0 Å². The highest BCUT2D eigenvalue weighted by Crippen LogP contribution is 2.28. The van der Waals surface area contributed by atoms with Crippen LogP contribution in [0.3, 0.4) is 0 Å². The number of nitrogens with zero attached hydrogens (tertiary/aromatic N) is 1. The van der Waals surface area contributed by atoms with Gasteiger partial charge in [-0.15, -0.1) is 0 Å². The van der Waals surface area contributed by atoms with Gasteiger partial charge in [-0.2, -0.15) is 0 Å². The van der Waals surface area contributed by atoms with E-state index in [-0.39, 0.29) is 6.04 Å². The predicted octanol–water partition coefficient (Wildman–Crippen LogP) is 2.39. The van der Waals surface area contributed by atoms with Gasteiger partial charge in [0, 0.05) is 17.4 Å². The van der Waals surface area contributed by atoms with Crippen LogP contribution in [0, 0.1) is 0 Å². The maximum absolute atomic E-state index is 11.6. The standard InChI is InChI=1S/C11H12BrNO/c1-13-6-5-10(14)11(13)8-3-2-4-9(12)7-8/h2-4,7,11H,5-6H2,1H3. The largest absolute Gasteiger partial charge is 0.297 e. The molecule has 1 unspecified atom stereocenters. The summed E-state index contributed by atoms with van der Waals surface area (Å²) in [5, 5.41) is 0. The second-order valence-electron chi connectivity index (χ2n) is 3.65. The molecule has 1 atom stereocenters. The minimum atomic E-state index is -0.0347. The van der Waals surface area contributed by atoms with E-state index in [1.807, 2.05) is 31.3 Å². The highest BCUT2D eigenvalue weighted by molar-refractivity contribution is 9.10. The second kappa shape index (κ2) is 3.83. The number of carbonyl (C=O) groups excluding carboxylic acids is 1. The molecule has 0 N–H and O–H groups in total. The van der Waals surface area contributed by atoms with Crippen molar-refractivity contribution in [1.82, 2.24) is 4.90 Å². The molecule has 0 amide bonds. The molecule has 14 heavy (non-hydrogen) atoms. The molecule has 74 valence electrons. The first-order chi connectivity index (χ1) is 6.68. The minimum Gasteiger partial charge on any atom is -0.297 e. The lowest BCUT2D eigenvalue weighted by molar-refractivity contribution is -0.119. The van der Waals surface area contributed by atoms with Gasteiger partial charge in [0.25, 0.3) is 0 Å². The number of hydrogen-bond donors (Lipinski definition) is 0. The van der Waals surface area contributed by atoms with E-state index in [1.54, 1.807) is 0 Å². The fourth-order valence-corrected chi connectivity index (χ4v) is 2.33. The van der Waals surface area contributed by atoms with Gasteiger partial charge in [-0.05, 0) is 24.7 Å². The molecule has 0 saturated carbocycles. The summed E-state index contributed by atoms with van der Waals surface area (Å²) in [6, 6.07) is 7.94. The zero-order valence-corrected chi connectivity index (χ0v) is 9.62. The van der Waals surface area contributed by atoms with Crippen LogP contribution in [0.5, 0.6) is 0 Å². The third kappa shape index (κ3) is 1.74. The van der Waals surface area contributed by atoms with E-state index in [1.165, 1.54) is 0 Å². The van der Waals surface area contributed by atoms with E-state index in [0.717, 1.165) is 16.6 Å². The lowest BCUT2D eigenvalue weighted by Gasteiger charge is -2.18. The first kappa shape index (κ1) is 9.87. The van der Waals surface area contributed by atoms with Gasteiger partial charge in [0.05, 0.1) is 6.04 Å². The van der Waals surface area contributed by atoms with Crippen molar-refractivity contribution in [3.63, 3.8) is 0 Å². The Hall–Kier alpha value is -0.670. The van der Waals surface area contributed by atoms with E-state index in [0.29, 0.717) is 12.2 Å². The molecule has 1 aliphatic rings. The number of likely N-dealkylation sites (tertiary alicyclic amines) is 1. The Kier molecular flexibility index (Phi) is 2.70. The van der Waals surface area contributed by atoms with Gasteiger partial charge in [-0.1, -0.05) is 28.1 Å². The molecule has 1 heterocycles. The van der Waals surface area contributed by atoms with Crippen LogP contribution in [0.2, 0.25) is 0 Å². The molecule has 1 saturated heterocycles. The number of ketones is 1. The number of hydrogen-bond acceptors (Lipinski definition) is 2. The molecule has 0 bridgehead atoms. The first-order valence-electron chi connectivity index (χ1n) is 4.67. The lowest BCUT2D eigenvalue weighted by Crippen LogP contribution is -2.20. The van der Waals surface area contributed by atoms with Crippen molar-refractivity contribution in [2.24, 2.45) is 0 Å². The molecule has 0 aromatic heterocycles. The fourth-order valence-electron chi connectivity index (χ4n) is 1.92. The highest BCUT2D eigenvalue weighted by Gasteiger charge is 2.30. The van der Waals surface area contributed by atoms with Gasteiger partial charge in [-0.25, -0.2) is 0 Å². The minimum absolute atomic E-state index is 0.0347. The number of Topliss-reactive ketones (excluding diaryl/α,β-unsaturated/α-hetero) is 1. The molecule has 1 aromatic rings. The summed E-state index contributed by atoms with van der Waals surface area (Å²) >= 11 is 3.42. The van der Waals surface area contributed by atoms with Crippen molar-refractivity contribution in [1.29, 1.82) is 0 Å². The summed E-state index contributed by atoms with van der Waals surface area (Å²) in [5.41, 5.74) is 1.09. The molecule has 2 rings (SSSR count). The summed E-state index contributed by atoms with van der Waals surface area (Å²) in [6.07, 6.45) is 0.674. The Bertz CT molecular complexity index is 364. The molecule has 1 aliphatic heterocycles. The van der Waals surface area contributed by atoms with Crippen LogP contribution in [0.4, 0.5) is 0 Å². The number of likely N-dealkylation sites (N-methyl/N-ethyl adjacent to an activating group) is 1. The fraction of sp³-hybridized carbons (Fsp3) is 0.364. The van der Waals surface area contributed by atoms with E-state index in [9.17, 15) is 4.79 Å². The van der Waals surface area contributed by atoms with Crippen LogP contribution in [-0.2, 0) is 4.79 Å². The number of rotatable bonds is 1. The van der Waals surface area contributed by atoms with E-state index >= 15 is 0 Å². The van der Waals surface area contributed by atoms with Gasteiger partial charge in [0.15, 0.2) is 5.78 Å². The molecule has 1 fully saturated rings. The van der Waals surface area contributed by atoms with Crippen molar-refractivity contribution in [2.45, 2.75) is 12.5 Å². The van der Waals surface area contributed by atoms with E-state index in [2.05, 4.69) is 20.8 Å². The average Bonchev–Trinajstić information content (AvgIpc) is 2.46. The molecule has 0 radical (unpaired) electrons. The Morgan fingerprint density at radius 3 is 2.86 bits per heavy atom. The smallest absolute Gasteiger partial charge is 0.155 e. The number of halogens is 1. The topological polar surface area (TPSA) is 20.3 Å². The molecular weight excluding hydrogens is 242 g/mol. The summed E-state index contributed by atoms with van der Waals surface area (Å²) < 4.78 is 1.03. The highest BCUT2D eigenvalue weighted by atomic mass is 79.9. The van der Waals surface area contributed by atoms with Crippen molar-refractivity contribution in [3.8, 4) is 0 Å². The third-order valence-corrected chi connectivity index (χ3v) is 3.11. The van der Waals surface area contributed by atoms with Crippen LogP contribution in [0.1, 0.15) is 18.0 Å². The SMILES string of the molecule is CN1CCC(=O)C1c1cccc(Br)c1. The van der Waals surface area contributed by atoms with E-state index in [4.69, 9.17) is 0 Å². The summed E-state index contributed by atoms with van der Waals surface area (Å²) in [4.78, 5) is 13.7. The van der Waals surface area contributed by atoms with Crippen molar-refractivity contribution in [2.75, 3.05) is 13.6 Å². The van der Waals surface area contributed by atoms with Crippen LogP contribution >= 0.6 is 15.9 Å². The number of carbonyl (C=O) groups is 1. The monoisotopic (exact) mass is 253 g/mol. The Labute approximate surface area is 92.0 Å². The van der Waals surface area contributed by atoms with Crippen molar-refractivity contribution in [3.05, 3.63) is 34.3 Å². The summed E-state index contributed by atoms with van der Waals surface area (Å²) in [5.74, 6) is 0.325. The van der Waals surface area contributed by atoms with E-state index < -0.39 is 0 Å². The maximum Gasteiger partial charge on any atom is 0.155 e. The van der Waals surface area contributed by atoms with Gasteiger partial charge >= 0.3 is 0 Å². The molecule has 1 aromatic carbocycles. The second-order valence-corrected chi connectivity index (χ2v) is 4.57. The quantitative estimate of drug-likeness (QED) is 0.767. The Morgan fingerprint density at radius 2 is 2.29 bits per heavy atom. The molecule has 2 nitrogen and oxygen atoms in total. The Morgan fingerprint density at radius 1 is 1.50 bits per heavy atom. The lowest BCUT2D eigenvalue weighted by atomic mass is 10.0. The molecular formula is C11H12BrNO. The molecule has 3 heteroatoms. The average molecular weight is 254 g/mol. The Balaban J connectivity index is 2.34. The van der Waals surface area contributed by atoms with Crippen LogP contribution in [0.25, 0.3) is 0 Å². The van der Waals surface area contributed by atoms with Crippen molar-refractivity contribution < 1.29 is 4.79 Å². The molecule has 0 spiro atoms. The van der Waals surface area contributed by atoms with Crippen LogP contribution in [0.15, 0.2) is 28.7 Å². The summed E-state index contributed by atoms with van der Waals surface area (Å²) in [7, 11) is 2.00. The van der Waals surface area contributed by atoms with Crippen LogP contribution in [-0.4, -0.2) is 24.3 Å². The molecule has 0 aliphatic carbocycles. The zero-order chi connectivity index (χ0) is 10.1.